The number of ether oxygens (including phenoxy) is 1. The van der Waals surface area contributed by atoms with E-state index in [9.17, 15) is 9.59 Å². The molecule has 0 bridgehead atoms. The maximum atomic E-state index is 12.9. The molecule has 2 amide bonds. The second-order valence-electron chi connectivity index (χ2n) is 7.53. The van der Waals surface area contributed by atoms with Gasteiger partial charge in [0, 0.05) is 36.6 Å². The molecule has 1 atom stereocenters. The Hall–Kier alpha value is -1.57. The minimum Gasteiger partial charge on any atom is -0.379 e. The molecule has 3 aliphatic rings. The summed E-state index contributed by atoms with van der Waals surface area (Å²) < 4.78 is 5.38. The van der Waals surface area contributed by atoms with Crippen molar-refractivity contribution < 1.29 is 14.3 Å². The van der Waals surface area contributed by atoms with E-state index in [-0.39, 0.29) is 17.2 Å². The number of amides is 2. The van der Waals surface area contributed by atoms with Gasteiger partial charge in [0.2, 0.25) is 0 Å². The highest BCUT2D eigenvalue weighted by molar-refractivity contribution is 8.00. The van der Waals surface area contributed by atoms with Crippen molar-refractivity contribution in [2.45, 2.75) is 48.4 Å². The summed E-state index contributed by atoms with van der Waals surface area (Å²) in [6.07, 6.45) is 5.83. The fourth-order valence-electron chi connectivity index (χ4n) is 4.12. The fraction of sp³-hybridized carbons (Fsp3) is 0.600. The first-order valence-corrected chi connectivity index (χ1v) is 10.7. The summed E-state index contributed by atoms with van der Waals surface area (Å²) in [6.45, 7) is 2.86. The first kappa shape index (κ1) is 18.8. The van der Waals surface area contributed by atoms with Crippen molar-refractivity contribution in [2.75, 3.05) is 38.7 Å². The Morgan fingerprint density at radius 3 is 2.70 bits per heavy atom. The second-order valence-corrected chi connectivity index (χ2v) is 8.65. The lowest BCUT2D eigenvalue weighted by atomic mass is 9.94. The van der Waals surface area contributed by atoms with Crippen LogP contribution in [0, 0.1) is 0 Å². The molecule has 2 fully saturated rings. The van der Waals surface area contributed by atoms with Crippen molar-refractivity contribution in [3.63, 3.8) is 0 Å². The first-order valence-electron chi connectivity index (χ1n) is 9.84. The van der Waals surface area contributed by atoms with Gasteiger partial charge in [0.25, 0.3) is 11.8 Å². The molecule has 7 heteroatoms. The van der Waals surface area contributed by atoms with Crippen molar-refractivity contribution >= 4 is 29.3 Å². The van der Waals surface area contributed by atoms with Crippen molar-refractivity contribution in [2.24, 2.45) is 0 Å². The van der Waals surface area contributed by atoms with Gasteiger partial charge in [0.15, 0.2) is 0 Å². The maximum Gasteiger partial charge on any atom is 0.253 e. The number of fused-ring (bicyclic) bond motifs is 1. The predicted octanol–water partition coefficient (Wildman–Crippen LogP) is 2.79. The molecule has 2 heterocycles. The first-order chi connectivity index (χ1) is 13.1. The van der Waals surface area contributed by atoms with Crippen molar-refractivity contribution in [3.8, 4) is 0 Å². The number of rotatable bonds is 3. The third kappa shape index (κ3) is 4.00. The number of carbonyl (C=O) groups excluding carboxylic acids is 2. The Labute approximate surface area is 164 Å². The molecule has 0 spiro atoms. The van der Waals surface area contributed by atoms with Gasteiger partial charge < -0.3 is 15.0 Å². The summed E-state index contributed by atoms with van der Waals surface area (Å²) in [7, 11) is 1.90. The number of anilines is 1. The lowest BCUT2D eigenvalue weighted by Gasteiger charge is -2.36. The Morgan fingerprint density at radius 2 is 1.96 bits per heavy atom. The van der Waals surface area contributed by atoms with Crippen LogP contribution in [-0.2, 0) is 9.53 Å². The van der Waals surface area contributed by atoms with Gasteiger partial charge in [-0.3, -0.25) is 14.5 Å². The zero-order valence-corrected chi connectivity index (χ0v) is 16.6. The standard InChI is InChI=1S/C20H27N3O3S/c1-22(15-5-3-2-4-6-15)19(25)14-7-8-17-16(13-14)21-18(24)20(27-17)23-9-11-26-12-10-23/h7-8,13,15,20H,2-6,9-12H2,1H3,(H,21,24). The monoisotopic (exact) mass is 389 g/mol. The van der Waals surface area contributed by atoms with E-state index >= 15 is 0 Å². The average Bonchev–Trinajstić information content (AvgIpc) is 2.73. The lowest BCUT2D eigenvalue weighted by molar-refractivity contribution is -0.119. The summed E-state index contributed by atoms with van der Waals surface area (Å²) in [5.41, 5.74) is 1.39. The Balaban J connectivity index is 1.48. The smallest absolute Gasteiger partial charge is 0.253 e. The van der Waals surface area contributed by atoms with Crippen LogP contribution in [0.2, 0.25) is 0 Å². The molecular formula is C20H27N3O3S. The van der Waals surface area contributed by atoms with Gasteiger partial charge in [-0.05, 0) is 31.0 Å². The molecule has 1 saturated carbocycles. The van der Waals surface area contributed by atoms with Crippen molar-refractivity contribution in [1.82, 2.24) is 9.80 Å². The molecule has 146 valence electrons. The van der Waals surface area contributed by atoms with E-state index in [2.05, 4.69) is 10.2 Å². The molecular weight excluding hydrogens is 362 g/mol. The lowest BCUT2D eigenvalue weighted by Crippen LogP contribution is -2.48. The van der Waals surface area contributed by atoms with Gasteiger partial charge >= 0.3 is 0 Å². The van der Waals surface area contributed by atoms with Crippen LogP contribution in [0.5, 0.6) is 0 Å². The van der Waals surface area contributed by atoms with Crippen LogP contribution in [0.1, 0.15) is 42.5 Å². The maximum absolute atomic E-state index is 12.9. The average molecular weight is 390 g/mol. The number of nitrogens with one attached hydrogen (secondary N) is 1. The van der Waals surface area contributed by atoms with E-state index in [4.69, 9.17) is 4.74 Å². The van der Waals surface area contributed by atoms with E-state index < -0.39 is 0 Å². The Morgan fingerprint density at radius 1 is 1.22 bits per heavy atom. The molecule has 1 aromatic carbocycles. The minimum absolute atomic E-state index is 0.0142. The van der Waals surface area contributed by atoms with Gasteiger partial charge in [-0.25, -0.2) is 0 Å². The van der Waals surface area contributed by atoms with Crippen LogP contribution < -0.4 is 5.32 Å². The van der Waals surface area contributed by atoms with Crippen molar-refractivity contribution in [3.05, 3.63) is 23.8 Å². The predicted molar refractivity (Wildman–Crippen MR) is 106 cm³/mol. The molecule has 1 unspecified atom stereocenters. The van der Waals surface area contributed by atoms with Crippen LogP contribution >= 0.6 is 11.8 Å². The van der Waals surface area contributed by atoms with Crippen LogP contribution in [0.15, 0.2) is 23.1 Å². The Bertz CT molecular complexity index is 714. The van der Waals surface area contributed by atoms with Gasteiger partial charge in [-0.2, -0.15) is 0 Å². The quantitative estimate of drug-likeness (QED) is 0.861. The van der Waals surface area contributed by atoms with E-state index in [1.807, 2.05) is 30.1 Å². The number of benzene rings is 1. The zero-order chi connectivity index (χ0) is 18.8. The van der Waals surface area contributed by atoms with Crippen LogP contribution in [0.25, 0.3) is 0 Å². The van der Waals surface area contributed by atoms with E-state index in [0.29, 0.717) is 24.8 Å². The fourth-order valence-corrected chi connectivity index (χ4v) is 5.27. The third-order valence-corrected chi connectivity index (χ3v) is 7.11. The molecule has 6 nitrogen and oxygen atoms in total. The van der Waals surface area contributed by atoms with Gasteiger partial charge in [-0.1, -0.05) is 31.0 Å². The summed E-state index contributed by atoms with van der Waals surface area (Å²) in [5.74, 6) is 0.0267. The highest BCUT2D eigenvalue weighted by Crippen LogP contribution is 2.38. The van der Waals surface area contributed by atoms with E-state index in [1.165, 1.54) is 19.3 Å². The molecule has 1 aromatic rings. The van der Waals surface area contributed by atoms with Gasteiger partial charge in [0.05, 0.1) is 18.9 Å². The normalized spacial score (nSPS) is 24.2. The van der Waals surface area contributed by atoms with Gasteiger partial charge in [-0.15, -0.1) is 0 Å². The number of morpholine rings is 1. The number of nitrogens with zero attached hydrogens (tertiary/aromatic N) is 2. The summed E-state index contributed by atoms with van der Waals surface area (Å²) in [4.78, 5) is 30.6. The molecule has 0 radical (unpaired) electrons. The van der Waals surface area contributed by atoms with E-state index in [1.54, 1.807) is 11.8 Å². The molecule has 27 heavy (non-hydrogen) atoms. The topological polar surface area (TPSA) is 61.9 Å². The molecule has 1 aliphatic carbocycles. The summed E-state index contributed by atoms with van der Waals surface area (Å²) in [5, 5.41) is 2.78. The molecule has 2 aliphatic heterocycles. The SMILES string of the molecule is CN(C(=O)c1ccc2c(c1)NC(=O)C(N1CCOCC1)S2)C1CCCCC1. The molecule has 0 aromatic heterocycles. The molecule has 1 N–H and O–H groups in total. The van der Waals surface area contributed by atoms with Crippen LogP contribution in [-0.4, -0.2) is 66.4 Å². The Kier molecular flexibility index (Phi) is 5.71. The molecule has 4 rings (SSSR count). The number of carbonyl (C=O) groups is 2. The molecule has 1 saturated heterocycles. The number of hydrogen-bond acceptors (Lipinski definition) is 5. The minimum atomic E-state index is -0.229. The number of hydrogen-bond donors (Lipinski definition) is 1. The highest BCUT2D eigenvalue weighted by Gasteiger charge is 2.33. The second kappa shape index (κ2) is 8.20. The third-order valence-electron chi connectivity index (χ3n) is 5.77. The number of thioether (sulfide) groups is 1. The van der Waals surface area contributed by atoms with Crippen molar-refractivity contribution in [1.29, 1.82) is 0 Å². The van der Waals surface area contributed by atoms with E-state index in [0.717, 1.165) is 36.5 Å². The largest absolute Gasteiger partial charge is 0.379 e. The van der Waals surface area contributed by atoms with Gasteiger partial charge in [0.1, 0.15) is 5.37 Å². The van der Waals surface area contributed by atoms with Crippen LogP contribution in [0.4, 0.5) is 5.69 Å². The van der Waals surface area contributed by atoms with Crippen LogP contribution in [0.3, 0.4) is 0 Å². The highest BCUT2D eigenvalue weighted by atomic mass is 32.2. The zero-order valence-electron chi connectivity index (χ0n) is 15.8. The summed E-state index contributed by atoms with van der Waals surface area (Å²) in [6, 6.07) is 6.02. The summed E-state index contributed by atoms with van der Waals surface area (Å²) >= 11 is 1.56.